The molecule has 0 spiro atoms. The molecule has 0 aromatic heterocycles. The summed E-state index contributed by atoms with van der Waals surface area (Å²) in [5.41, 5.74) is 2.00. The number of hydrogen-bond donors (Lipinski definition) is 3. The Hall–Kier alpha value is -0.870. The normalized spacial score (nSPS) is 16.9. The highest BCUT2D eigenvalue weighted by Crippen LogP contribution is 2.08. The molecular weight excluding hydrogens is 192 g/mol. The molecule has 1 aliphatic heterocycles. The number of nitrogens with one attached hydrogen (secondary N) is 2. The molecule has 1 unspecified atom stereocenters. The van der Waals surface area contributed by atoms with E-state index in [2.05, 4.69) is 10.6 Å². The van der Waals surface area contributed by atoms with Crippen molar-refractivity contribution in [2.24, 2.45) is 0 Å². The maximum Gasteiger partial charge on any atom is 0.246 e. The first-order valence-corrected chi connectivity index (χ1v) is 5.50. The van der Waals surface area contributed by atoms with Gasteiger partial charge >= 0.3 is 0 Å². The molecule has 3 N–H and O–H groups in total. The van der Waals surface area contributed by atoms with Gasteiger partial charge < -0.3 is 15.7 Å². The molecule has 0 aromatic rings. The van der Waals surface area contributed by atoms with E-state index in [9.17, 15) is 9.90 Å². The molecule has 1 heterocycles. The lowest BCUT2D eigenvalue weighted by Crippen LogP contribution is -2.38. The summed E-state index contributed by atoms with van der Waals surface area (Å²) in [4.78, 5) is 11.6. The van der Waals surface area contributed by atoms with Gasteiger partial charge in [-0.3, -0.25) is 4.79 Å². The molecule has 1 rings (SSSR count). The van der Waals surface area contributed by atoms with Gasteiger partial charge in [0.15, 0.2) is 0 Å². The molecule has 0 aromatic carbocycles. The van der Waals surface area contributed by atoms with Gasteiger partial charge in [0, 0.05) is 25.2 Å². The Bertz CT molecular complexity index is 255. The lowest BCUT2D eigenvalue weighted by Gasteiger charge is -2.21. The highest BCUT2D eigenvalue weighted by atomic mass is 16.3. The molecule has 0 bridgehead atoms. The third kappa shape index (κ3) is 3.64. The Balaban J connectivity index is 2.24. The third-order valence-corrected chi connectivity index (χ3v) is 2.78. The smallest absolute Gasteiger partial charge is 0.246 e. The molecule has 15 heavy (non-hydrogen) atoms. The largest absolute Gasteiger partial charge is 0.393 e. The average molecular weight is 212 g/mol. The molecule has 1 aliphatic rings. The maximum absolute atomic E-state index is 11.6. The summed E-state index contributed by atoms with van der Waals surface area (Å²) < 4.78 is 0. The first-order chi connectivity index (χ1) is 7.15. The summed E-state index contributed by atoms with van der Waals surface area (Å²) in [5.74, 6) is -0.00481. The fraction of sp³-hybridized carbons (Fsp3) is 0.727. The van der Waals surface area contributed by atoms with Crippen molar-refractivity contribution in [3.8, 4) is 0 Å². The maximum atomic E-state index is 11.6. The van der Waals surface area contributed by atoms with Crippen molar-refractivity contribution >= 4 is 5.91 Å². The lowest BCUT2D eigenvalue weighted by molar-refractivity contribution is -0.117. The van der Waals surface area contributed by atoms with E-state index in [1.807, 2.05) is 13.8 Å². The molecule has 4 nitrogen and oxygen atoms in total. The van der Waals surface area contributed by atoms with Crippen molar-refractivity contribution in [2.75, 3.05) is 19.6 Å². The van der Waals surface area contributed by atoms with E-state index in [1.165, 1.54) is 5.57 Å². The highest BCUT2D eigenvalue weighted by Gasteiger charge is 2.15. The van der Waals surface area contributed by atoms with Crippen molar-refractivity contribution in [1.82, 2.24) is 10.6 Å². The third-order valence-electron chi connectivity index (χ3n) is 2.78. The minimum Gasteiger partial charge on any atom is -0.393 e. The molecule has 1 fully saturated rings. The van der Waals surface area contributed by atoms with Crippen molar-refractivity contribution in [3.05, 3.63) is 11.1 Å². The number of carbonyl (C=O) groups excluding carboxylic acids is 1. The van der Waals surface area contributed by atoms with Gasteiger partial charge in [-0.1, -0.05) is 6.92 Å². The van der Waals surface area contributed by atoms with E-state index < -0.39 is 0 Å². The van der Waals surface area contributed by atoms with Crippen LogP contribution >= 0.6 is 0 Å². The number of aliphatic hydroxyl groups is 1. The standard InChI is InChI=1S/C11H20N2O2/c1-3-10(14)4-5-13-11(15)8(2)9-6-12-7-9/h10,12,14H,3-7H2,1-2H3,(H,13,15). The Labute approximate surface area is 90.7 Å². The second kappa shape index (κ2) is 5.88. The van der Waals surface area contributed by atoms with Crippen LogP contribution in [0.25, 0.3) is 0 Å². The molecular formula is C11H20N2O2. The zero-order valence-electron chi connectivity index (χ0n) is 9.47. The number of aliphatic hydroxyl groups excluding tert-OH is 1. The van der Waals surface area contributed by atoms with Crippen LogP contribution in [0.2, 0.25) is 0 Å². The van der Waals surface area contributed by atoms with E-state index in [4.69, 9.17) is 0 Å². The summed E-state index contributed by atoms with van der Waals surface area (Å²) in [6.45, 7) is 5.99. The van der Waals surface area contributed by atoms with Crippen LogP contribution in [0.5, 0.6) is 0 Å². The SMILES string of the molecule is CCC(O)CCNC(=O)C(C)=C1CNC1. The molecule has 1 amide bonds. The monoisotopic (exact) mass is 212 g/mol. The summed E-state index contributed by atoms with van der Waals surface area (Å²) in [6, 6.07) is 0. The van der Waals surface area contributed by atoms with Crippen LogP contribution in [0.4, 0.5) is 0 Å². The van der Waals surface area contributed by atoms with E-state index in [-0.39, 0.29) is 12.0 Å². The van der Waals surface area contributed by atoms with Crippen LogP contribution in [-0.2, 0) is 4.79 Å². The van der Waals surface area contributed by atoms with Gasteiger partial charge in [0.2, 0.25) is 5.91 Å². The molecule has 0 aliphatic carbocycles. The minimum atomic E-state index is -0.302. The number of rotatable bonds is 5. The van der Waals surface area contributed by atoms with Gasteiger partial charge in [-0.2, -0.15) is 0 Å². The van der Waals surface area contributed by atoms with E-state index >= 15 is 0 Å². The summed E-state index contributed by atoms with van der Waals surface area (Å²) in [7, 11) is 0. The average Bonchev–Trinajstić information content (AvgIpc) is 2.14. The number of carbonyl (C=O) groups is 1. The van der Waals surface area contributed by atoms with Crippen LogP contribution in [0.3, 0.4) is 0 Å². The van der Waals surface area contributed by atoms with Gasteiger partial charge in [-0.05, 0) is 25.3 Å². The van der Waals surface area contributed by atoms with Crippen molar-refractivity contribution in [2.45, 2.75) is 32.8 Å². The fourth-order valence-electron chi connectivity index (χ4n) is 1.36. The first-order valence-electron chi connectivity index (χ1n) is 5.50. The molecule has 1 saturated heterocycles. The summed E-state index contributed by atoms with van der Waals surface area (Å²) in [6.07, 6.45) is 1.06. The van der Waals surface area contributed by atoms with Gasteiger partial charge in [-0.25, -0.2) is 0 Å². The quantitative estimate of drug-likeness (QED) is 0.570. The van der Waals surface area contributed by atoms with Crippen molar-refractivity contribution in [3.63, 3.8) is 0 Å². The zero-order valence-corrected chi connectivity index (χ0v) is 9.47. The topological polar surface area (TPSA) is 61.4 Å². The Morgan fingerprint density at radius 2 is 2.27 bits per heavy atom. The van der Waals surface area contributed by atoms with Gasteiger partial charge in [0.05, 0.1) is 6.10 Å². The van der Waals surface area contributed by atoms with Crippen LogP contribution in [0, 0.1) is 0 Å². The molecule has 4 heteroatoms. The Morgan fingerprint density at radius 3 is 2.73 bits per heavy atom. The van der Waals surface area contributed by atoms with Crippen molar-refractivity contribution < 1.29 is 9.90 Å². The molecule has 0 saturated carbocycles. The lowest BCUT2D eigenvalue weighted by atomic mass is 10.0. The highest BCUT2D eigenvalue weighted by molar-refractivity contribution is 5.93. The predicted octanol–water partition coefficient (Wildman–Crippen LogP) is 0.183. The van der Waals surface area contributed by atoms with Crippen LogP contribution in [-0.4, -0.2) is 36.8 Å². The molecule has 86 valence electrons. The predicted molar refractivity (Wildman–Crippen MR) is 59.5 cm³/mol. The molecule has 0 radical (unpaired) electrons. The minimum absolute atomic E-state index is 0.00481. The van der Waals surface area contributed by atoms with Gasteiger partial charge in [0.25, 0.3) is 0 Å². The number of hydrogen-bond acceptors (Lipinski definition) is 3. The van der Waals surface area contributed by atoms with E-state index in [0.717, 1.165) is 25.1 Å². The van der Waals surface area contributed by atoms with E-state index in [0.29, 0.717) is 13.0 Å². The Kier molecular flexibility index (Phi) is 4.78. The van der Waals surface area contributed by atoms with Crippen molar-refractivity contribution in [1.29, 1.82) is 0 Å². The second-order valence-corrected chi connectivity index (χ2v) is 3.94. The van der Waals surface area contributed by atoms with Gasteiger partial charge in [-0.15, -0.1) is 0 Å². The first kappa shape index (κ1) is 12.2. The van der Waals surface area contributed by atoms with Gasteiger partial charge in [0.1, 0.15) is 0 Å². The summed E-state index contributed by atoms with van der Waals surface area (Å²) in [5, 5.41) is 15.2. The summed E-state index contributed by atoms with van der Waals surface area (Å²) >= 11 is 0. The number of amides is 1. The van der Waals surface area contributed by atoms with E-state index in [1.54, 1.807) is 0 Å². The molecule has 1 atom stereocenters. The van der Waals surface area contributed by atoms with Crippen LogP contribution < -0.4 is 10.6 Å². The Morgan fingerprint density at radius 1 is 1.60 bits per heavy atom. The van der Waals surface area contributed by atoms with Crippen LogP contribution in [0.1, 0.15) is 26.7 Å². The second-order valence-electron chi connectivity index (χ2n) is 3.94. The van der Waals surface area contributed by atoms with Crippen LogP contribution in [0.15, 0.2) is 11.1 Å². The fourth-order valence-corrected chi connectivity index (χ4v) is 1.36. The zero-order chi connectivity index (χ0) is 11.3.